The van der Waals surface area contributed by atoms with Crippen molar-refractivity contribution in [2.24, 2.45) is 0 Å². The third-order valence-corrected chi connectivity index (χ3v) is 5.94. The molecule has 0 radical (unpaired) electrons. The minimum absolute atomic E-state index is 0.0253. The van der Waals surface area contributed by atoms with Crippen LogP contribution in [0.3, 0.4) is 0 Å². The van der Waals surface area contributed by atoms with Crippen molar-refractivity contribution in [3.63, 3.8) is 0 Å². The first kappa shape index (κ1) is 21.0. The predicted octanol–water partition coefficient (Wildman–Crippen LogP) is 4.16. The Hall–Kier alpha value is -3.21. The van der Waals surface area contributed by atoms with E-state index in [1.807, 2.05) is 66.1 Å². The fourth-order valence-corrected chi connectivity index (χ4v) is 4.22. The van der Waals surface area contributed by atoms with Crippen LogP contribution in [-0.2, 0) is 11.2 Å². The largest absolute Gasteiger partial charge is 0.339 e. The maximum absolute atomic E-state index is 13.3. The fourth-order valence-electron chi connectivity index (χ4n) is 4.22. The zero-order valence-corrected chi connectivity index (χ0v) is 18.3. The molecule has 0 unspecified atom stereocenters. The highest BCUT2D eigenvalue weighted by Gasteiger charge is 2.26. The van der Waals surface area contributed by atoms with Gasteiger partial charge in [-0.1, -0.05) is 42.0 Å². The molecule has 4 rings (SSSR count). The van der Waals surface area contributed by atoms with E-state index in [1.54, 1.807) is 0 Å². The van der Waals surface area contributed by atoms with E-state index < -0.39 is 0 Å². The van der Waals surface area contributed by atoms with Gasteiger partial charge in [0.25, 0.3) is 5.91 Å². The van der Waals surface area contributed by atoms with Gasteiger partial charge in [-0.3, -0.25) is 14.6 Å². The Kier molecular flexibility index (Phi) is 6.31. The van der Waals surface area contributed by atoms with Gasteiger partial charge in [-0.2, -0.15) is 0 Å². The predicted molar refractivity (Wildman–Crippen MR) is 123 cm³/mol. The Balaban J connectivity index is 1.35. The summed E-state index contributed by atoms with van der Waals surface area (Å²) in [5.41, 5.74) is 4.76. The lowest BCUT2D eigenvalue weighted by atomic mass is 10.0. The van der Waals surface area contributed by atoms with Gasteiger partial charge in [-0.25, -0.2) is 0 Å². The second-order valence-corrected chi connectivity index (χ2v) is 8.34. The third kappa shape index (κ3) is 4.93. The summed E-state index contributed by atoms with van der Waals surface area (Å²) in [5, 5.41) is 0.898. The summed E-state index contributed by atoms with van der Waals surface area (Å²) in [7, 11) is 0. The number of hydrogen-bond acceptors (Lipinski definition) is 3. The van der Waals surface area contributed by atoms with Crippen molar-refractivity contribution >= 4 is 22.7 Å². The quantitative estimate of drug-likeness (QED) is 0.629. The molecular weight excluding hydrogens is 386 g/mol. The van der Waals surface area contributed by atoms with E-state index in [0.717, 1.165) is 35.0 Å². The van der Waals surface area contributed by atoms with Gasteiger partial charge in [0.05, 0.1) is 11.1 Å². The van der Waals surface area contributed by atoms with Gasteiger partial charge < -0.3 is 9.80 Å². The smallest absolute Gasteiger partial charge is 0.254 e. The van der Waals surface area contributed by atoms with Crippen molar-refractivity contribution in [3.8, 4) is 0 Å². The van der Waals surface area contributed by atoms with Crippen LogP contribution in [0.2, 0.25) is 0 Å². The van der Waals surface area contributed by atoms with E-state index in [1.165, 1.54) is 5.56 Å². The normalized spacial score (nSPS) is 14.1. The molecule has 2 aromatic carbocycles. The number of rotatable bonds is 5. The van der Waals surface area contributed by atoms with Crippen LogP contribution in [0.15, 0.2) is 54.6 Å². The van der Waals surface area contributed by atoms with Crippen LogP contribution in [0.25, 0.3) is 10.9 Å². The van der Waals surface area contributed by atoms with Crippen molar-refractivity contribution in [2.75, 3.05) is 26.2 Å². The highest BCUT2D eigenvalue weighted by atomic mass is 16.2. The molecule has 0 spiro atoms. The Labute approximate surface area is 183 Å². The minimum Gasteiger partial charge on any atom is -0.339 e. The molecule has 1 aliphatic rings. The first-order valence-electron chi connectivity index (χ1n) is 11.0. The summed E-state index contributed by atoms with van der Waals surface area (Å²) in [6.45, 7) is 6.27. The Morgan fingerprint density at radius 2 is 1.61 bits per heavy atom. The molecule has 0 atom stereocenters. The fraction of sp³-hybridized carbons (Fsp3) is 0.346. The number of fused-ring (bicyclic) bond motifs is 1. The van der Waals surface area contributed by atoms with Crippen molar-refractivity contribution in [1.29, 1.82) is 0 Å². The molecule has 1 aromatic heterocycles. The second-order valence-electron chi connectivity index (χ2n) is 8.34. The minimum atomic E-state index is 0.0253. The lowest BCUT2D eigenvalue weighted by Crippen LogP contribution is -2.50. The van der Waals surface area contributed by atoms with E-state index in [0.29, 0.717) is 38.2 Å². The number of hydrogen-bond donors (Lipinski definition) is 0. The van der Waals surface area contributed by atoms with Crippen LogP contribution in [-0.4, -0.2) is 52.8 Å². The highest BCUT2D eigenvalue weighted by molar-refractivity contribution is 6.06. The van der Waals surface area contributed by atoms with Crippen molar-refractivity contribution in [2.45, 2.75) is 33.1 Å². The molecule has 5 nitrogen and oxygen atoms in total. The maximum Gasteiger partial charge on any atom is 0.254 e. The zero-order valence-electron chi connectivity index (χ0n) is 18.3. The summed E-state index contributed by atoms with van der Waals surface area (Å²) < 4.78 is 0. The number of nitrogens with zero attached hydrogens (tertiary/aromatic N) is 3. The molecule has 1 saturated heterocycles. The number of benzene rings is 2. The van der Waals surface area contributed by atoms with Crippen LogP contribution in [0.4, 0.5) is 0 Å². The molecule has 0 aliphatic carbocycles. The zero-order chi connectivity index (χ0) is 21.8. The van der Waals surface area contributed by atoms with Gasteiger partial charge in [-0.05, 0) is 50.5 Å². The highest BCUT2D eigenvalue weighted by Crippen LogP contribution is 2.22. The Bertz CT molecular complexity index is 1090. The summed E-state index contributed by atoms with van der Waals surface area (Å²) in [4.78, 5) is 34.2. The molecule has 1 aliphatic heterocycles. The van der Waals surface area contributed by atoms with Crippen molar-refractivity contribution < 1.29 is 9.59 Å². The average molecular weight is 416 g/mol. The second kappa shape index (κ2) is 9.29. The van der Waals surface area contributed by atoms with Crippen molar-refractivity contribution in [1.82, 2.24) is 14.8 Å². The standard InChI is InChI=1S/C26H29N3O2/c1-19-11-12-24-22(17-19)23(18-20(2)27-24)26(31)29-15-13-28(14-16-29)25(30)10-6-9-21-7-4-3-5-8-21/h3-5,7-8,11-12,17-18H,6,9-10,13-16H2,1-2H3. The van der Waals surface area contributed by atoms with Gasteiger partial charge in [0.1, 0.15) is 0 Å². The van der Waals surface area contributed by atoms with E-state index in [4.69, 9.17) is 0 Å². The first-order chi connectivity index (χ1) is 15.0. The Morgan fingerprint density at radius 1 is 0.903 bits per heavy atom. The molecule has 31 heavy (non-hydrogen) atoms. The van der Waals surface area contributed by atoms with Crippen LogP contribution in [0, 0.1) is 13.8 Å². The molecule has 3 aromatic rings. The lowest BCUT2D eigenvalue weighted by molar-refractivity contribution is -0.132. The molecule has 2 heterocycles. The molecule has 1 fully saturated rings. The Morgan fingerprint density at radius 3 is 2.35 bits per heavy atom. The lowest BCUT2D eigenvalue weighted by Gasteiger charge is -2.35. The van der Waals surface area contributed by atoms with Crippen LogP contribution in [0.5, 0.6) is 0 Å². The molecule has 5 heteroatoms. The van der Waals surface area contributed by atoms with E-state index >= 15 is 0 Å². The number of carbonyl (C=O) groups excluding carboxylic acids is 2. The number of carbonyl (C=O) groups is 2. The topological polar surface area (TPSA) is 53.5 Å². The van der Waals surface area contributed by atoms with Crippen LogP contribution >= 0.6 is 0 Å². The molecular formula is C26H29N3O2. The number of amides is 2. The molecule has 0 saturated carbocycles. The van der Waals surface area contributed by atoms with E-state index in [2.05, 4.69) is 17.1 Å². The number of aryl methyl sites for hydroxylation is 3. The summed E-state index contributed by atoms with van der Waals surface area (Å²) in [6.07, 6.45) is 2.32. The maximum atomic E-state index is 13.3. The van der Waals surface area contributed by atoms with Gasteiger partial charge >= 0.3 is 0 Å². The molecule has 0 bridgehead atoms. The van der Waals surface area contributed by atoms with Gasteiger partial charge in [0, 0.05) is 43.7 Å². The van der Waals surface area contributed by atoms with Gasteiger partial charge in [0.2, 0.25) is 5.91 Å². The SMILES string of the molecule is Cc1ccc2nc(C)cc(C(=O)N3CCN(C(=O)CCCc4ccccc4)CC3)c2c1. The van der Waals surface area contributed by atoms with Gasteiger partial charge in [-0.15, -0.1) is 0 Å². The van der Waals surface area contributed by atoms with Crippen LogP contribution < -0.4 is 0 Å². The summed E-state index contributed by atoms with van der Waals surface area (Å²) in [5.74, 6) is 0.209. The third-order valence-electron chi connectivity index (χ3n) is 5.94. The molecule has 0 N–H and O–H groups in total. The summed E-state index contributed by atoms with van der Waals surface area (Å²) in [6, 6.07) is 18.2. The molecule has 2 amide bonds. The monoisotopic (exact) mass is 415 g/mol. The molecule has 160 valence electrons. The number of aromatic nitrogens is 1. The average Bonchev–Trinajstić information content (AvgIpc) is 2.79. The van der Waals surface area contributed by atoms with Gasteiger partial charge in [0.15, 0.2) is 0 Å². The summed E-state index contributed by atoms with van der Waals surface area (Å²) >= 11 is 0. The van der Waals surface area contributed by atoms with Crippen LogP contribution in [0.1, 0.15) is 40.0 Å². The number of pyridine rings is 1. The van der Waals surface area contributed by atoms with E-state index in [9.17, 15) is 9.59 Å². The van der Waals surface area contributed by atoms with E-state index in [-0.39, 0.29) is 11.8 Å². The first-order valence-corrected chi connectivity index (χ1v) is 11.0. The van der Waals surface area contributed by atoms with Crippen molar-refractivity contribution in [3.05, 3.63) is 77.0 Å². The number of piperazine rings is 1.